The molecule has 3 amide bonds. The van der Waals surface area contributed by atoms with Crippen LogP contribution in [-0.2, 0) is 16.8 Å². The molecule has 0 saturated carbocycles. The van der Waals surface area contributed by atoms with Crippen molar-refractivity contribution in [1.82, 2.24) is 10.2 Å². The van der Waals surface area contributed by atoms with Gasteiger partial charge in [0, 0.05) is 4.47 Å². The number of nitrogens with zero attached hydrogens (tertiary/aromatic N) is 1. The summed E-state index contributed by atoms with van der Waals surface area (Å²) in [5.74, 6) is 0.988. The van der Waals surface area contributed by atoms with Crippen LogP contribution >= 0.6 is 15.9 Å². The van der Waals surface area contributed by atoms with E-state index in [9.17, 15) is 14.7 Å². The van der Waals surface area contributed by atoms with Crippen LogP contribution < -0.4 is 14.8 Å². The van der Waals surface area contributed by atoms with Crippen LogP contribution in [0.4, 0.5) is 4.79 Å². The predicted octanol–water partition coefficient (Wildman–Crippen LogP) is 2.98. The molecule has 0 bridgehead atoms. The van der Waals surface area contributed by atoms with Gasteiger partial charge in [-0.1, -0.05) is 22.0 Å². The van der Waals surface area contributed by atoms with Crippen LogP contribution in [0.5, 0.6) is 11.5 Å². The number of aliphatic hydroxyl groups is 1. The Balaban J connectivity index is 1.47. The molecule has 2 atom stereocenters. The number of rotatable bonds is 6. The lowest BCUT2D eigenvalue weighted by Crippen LogP contribution is -2.47. The van der Waals surface area contributed by atoms with Gasteiger partial charge in [0.1, 0.15) is 29.7 Å². The molecule has 0 radical (unpaired) electrons. The van der Waals surface area contributed by atoms with E-state index in [1.165, 1.54) is 0 Å². The van der Waals surface area contributed by atoms with Gasteiger partial charge in [0.25, 0.3) is 5.91 Å². The lowest BCUT2D eigenvalue weighted by Gasteiger charge is -2.33. The van der Waals surface area contributed by atoms with E-state index in [1.54, 1.807) is 25.3 Å². The molecule has 2 aromatic rings. The first kappa shape index (κ1) is 20.7. The number of ether oxygens (including phenoxy) is 2. The molecule has 1 aliphatic carbocycles. The first-order valence-electron chi connectivity index (χ1n) is 9.81. The third kappa shape index (κ3) is 3.77. The minimum Gasteiger partial charge on any atom is -0.497 e. The topological polar surface area (TPSA) is 88.1 Å². The Morgan fingerprint density at radius 2 is 1.93 bits per heavy atom. The number of nitrogens with one attached hydrogen (secondary N) is 1. The monoisotopic (exact) mass is 474 g/mol. The highest BCUT2D eigenvalue weighted by molar-refractivity contribution is 9.10. The van der Waals surface area contributed by atoms with Crippen LogP contribution in [0.15, 0.2) is 46.9 Å². The fourth-order valence-electron chi connectivity index (χ4n) is 4.13. The van der Waals surface area contributed by atoms with Crippen LogP contribution in [0, 0.1) is 0 Å². The molecule has 7 nitrogen and oxygen atoms in total. The van der Waals surface area contributed by atoms with Gasteiger partial charge in [0.15, 0.2) is 0 Å². The lowest BCUT2D eigenvalue weighted by atomic mass is 9.76. The minimum atomic E-state index is -1.08. The minimum absolute atomic E-state index is 0.0283. The summed E-state index contributed by atoms with van der Waals surface area (Å²) in [6.45, 7) is -0.159. The average molecular weight is 475 g/mol. The zero-order chi connectivity index (χ0) is 21.3. The normalized spacial score (nSPS) is 21.4. The third-order valence-corrected chi connectivity index (χ3v) is 6.12. The Bertz CT molecular complexity index is 965. The number of halogens is 1. The molecule has 1 spiro atoms. The maximum Gasteiger partial charge on any atom is 0.325 e. The standard InChI is InChI=1S/C22H23BrN2O5/c1-29-18-8-9-19-14(11-18)3-2-10-22(19)20(27)25(21(28)24-22)12-16(26)13-30-17-6-4-15(23)5-7-17/h4-9,11,16,26H,2-3,10,12-13H2,1H3,(H,24,28)/t16-,22-/m0/s1. The van der Waals surface area contributed by atoms with Gasteiger partial charge in [0.2, 0.25) is 0 Å². The molecule has 0 unspecified atom stereocenters. The number of aliphatic hydroxyl groups excluding tert-OH is 1. The Morgan fingerprint density at radius 3 is 2.67 bits per heavy atom. The SMILES string of the molecule is COc1ccc2c(c1)CCC[C@]21NC(=O)N(C[C@H](O)COc2ccc(Br)cc2)C1=O. The van der Waals surface area contributed by atoms with Crippen molar-refractivity contribution in [2.75, 3.05) is 20.3 Å². The van der Waals surface area contributed by atoms with E-state index in [-0.39, 0.29) is 19.1 Å². The number of carbonyl (C=O) groups is 2. The molecule has 1 heterocycles. The number of aryl methyl sites for hydroxylation is 1. The molecule has 0 aromatic heterocycles. The van der Waals surface area contributed by atoms with E-state index in [0.29, 0.717) is 12.2 Å². The van der Waals surface area contributed by atoms with E-state index in [0.717, 1.165) is 39.1 Å². The zero-order valence-electron chi connectivity index (χ0n) is 16.6. The van der Waals surface area contributed by atoms with E-state index in [4.69, 9.17) is 9.47 Å². The van der Waals surface area contributed by atoms with Gasteiger partial charge in [-0.3, -0.25) is 9.69 Å². The first-order chi connectivity index (χ1) is 14.4. The van der Waals surface area contributed by atoms with Crippen molar-refractivity contribution in [2.45, 2.75) is 30.9 Å². The van der Waals surface area contributed by atoms with E-state index in [2.05, 4.69) is 21.2 Å². The Morgan fingerprint density at radius 1 is 1.20 bits per heavy atom. The molecule has 1 saturated heterocycles. The van der Waals surface area contributed by atoms with Crippen LogP contribution in [0.1, 0.15) is 24.0 Å². The van der Waals surface area contributed by atoms with Gasteiger partial charge in [0.05, 0.1) is 13.7 Å². The molecule has 4 rings (SSSR count). The highest BCUT2D eigenvalue weighted by Gasteiger charge is 2.54. The number of fused-ring (bicyclic) bond motifs is 2. The number of β-amino-alcohol motifs (C(OH)–C–C–N with tert-alkyl or cyclic N) is 1. The summed E-state index contributed by atoms with van der Waals surface area (Å²) in [6, 6.07) is 12.3. The summed E-state index contributed by atoms with van der Waals surface area (Å²) in [5, 5.41) is 13.3. The third-order valence-electron chi connectivity index (χ3n) is 5.60. The number of benzene rings is 2. The van der Waals surface area contributed by atoms with Crippen molar-refractivity contribution < 1.29 is 24.2 Å². The molecule has 8 heteroatoms. The Kier molecular flexibility index (Phi) is 5.71. The number of carbonyl (C=O) groups excluding carboxylic acids is 2. The summed E-state index contributed by atoms with van der Waals surface area (Å²) >= 11 is 3.35. The highest BCUT2D eigenvalue weighted by Crippen LogP contribution is 2.41. The lowest BCUT2D eigenvalue weighted by molar-refractivity contribution is -0.133. The molecule has 1 aliphatic heterocycles. The summed E-state index contributed by atoms with van der Waals surface area (Å²) in [6.07, 6.45) is 1.12. The van der Waals surface area contributed by atoms with Gasteiger partial charge in [-0.25, -0.2) is 4.79 Å². The second kappa shape index (κ2) is 8.28. The van der Waals surface area contributed by atoms with Crippen LogP contribution in [-0.4, -0.2) is 48.3 Å². The van der Waals surface area contributed by atoms with Crippen LogP contribution in [0.25, 0.3) is 0 Å². The van der Waals surface area contributed by atoms with Crippen molar-refractivity contribution in [2.24, 2.45) is 0 Å². The van der Waals surface area contributed by atoms with Crippen LogP contribution in [0.2, 0.25) is 0 Å². The van der Waals surface area contributed by atoms with E-state index < -0.39 is 17.7 Å². The second-order valence-corrected chi connectivity index (χ2v) is 8.46. The highest BCUT2D eigenvalue weighted by atomic mass is 79.9. The molecular formula is C22H23BrN2O5. The molecule has 158 valence electrons. The fourth-order valence-corrected chi connectivity index (χ4v) is 4.39. The van der Waals surface area contributed by atoms with Crippen molar-refractivity contribution in [3.8, 4) is 11.5 Å². The smallest absolute Gasteiger partial charge is 0.325 e. The van der Waals surface area contributed by atoms with Crippen molar-refractivity contribution >= 4 is 27.9 Å². The van der Waals surface area contributed by atoms with Gasteiger partial charge in [-0.15, -0.1) is 0 Å². The van der Waals surface area contributed by atoms with Gasteiger partial charge >= 0.3 is 6.03 Å². The molecule has 2 N–H and O–H groups in total. The number of hydrogen-bond donors (Lipinski definition) is 2. The van der Waals surface area contributed by atoms with Crippen LogP contribution in [0.3, 0.4) is 0 Å². The van der Waals surface area contributed by atoms with E-state index >= 15 is 0 Å². The summed E-state index contributed by atoms with van der Waals surface area (Å²) in [4.78, 5) is 27.1. The Labute approximate surface area is 183 Å². The van der Waals surface area contributed by atoms with E-state index in [1.807, 2.05) is 24.3 Å². The number of methoxy groups -OCH3 is 1. The quantitative estimate of drug-likeness (QED) is 0.628. The summed E-state index contributed by atoms with van der Waals surface area (Å²) in [5.41, 5.74) is 0.717. The zero-order valence-corrected chi connectivity index (χ0v) is 18.1. The Hall–Kier alpha value is -2.58. The second-order valence-electron chi connectivity index (χ2n) is 7.55. The summed E-state index contributed by atoms with van der Waals surface area (Å²) in [7, 11) is 1.60. The molecule has 1 fully saturated rings. The van der Waals surface area contributed by atoms with Gasteiger partial charge in [-0.2, -0.15) is 0 Å². The number of urea groups is 1. The molecule has 2 aliphatic rings. The van der Waals surface area contributed by atoms with Crippen molar-refractivity contribution in [1.29, 1.82) is 0 Å². The number of hydrogen-bond acceptors (Lipinski definition) is 5. The summed E-state index contributed by atoms with van der Waals surface area (Å²) < 4.78 is 11.8. The number of amides is 3. The first-order valence-corrected chi connectivity index (χ1v) is 10.6. The fraction of sp³-hybridized carbons (Fsp3) is 0.364. The average Bonchev–Trinajstić information content (AvgIpc) is 2.98. The van der Waals surface area contributed by atoms with Crippen molar-refractivity contribution in [3.05, 3.63) is 58.1 Å². The maximum atomic E-state index is 13.3. The van der Waals surface area contributed by atoms with Crippen molar-refractivity contribution in [3.63, 3.8) is 0 Å². The molecule has 30 heavy (non-hydrogen) atoms. The molecule has 2 aromatic carbocycles. The van der Waals surface area contributed by atoms with Gasteiger partial charge in [-0.05, 0) is 66.8 Å². The number of imide groups is 1. The maximum absolute atomic E-state index is 13.3. The largest absolute Gasteiger partial charge is 0.497 e. The predicted molar refractivity (Wildman–Crippen MR) is 113 cm³/mol. The van der Waals surface area contributed by atoms with Gasteiger partial charge < -0.3 is 19.9 Å². The molecular weight excluding hydrogens is 452 g/mol.